The molecule has 1 heterocycles. The van der Waals surface area contributed by atoms with Gasteiger partial charge in [0.25, 0.3) is 11.8 Å². The molecular formula is C19H17NO2. The zero-order valence-corrected chi connectivity index (χ0v) is 12.6. The lowest BCUT2D eigenvalue weighted by Gasteiger charge is -2.30. The fourth-order valence-electron chi connectivity index (χ4n) is 2.85. The van der Waals surface area contributed by atoms with Crippen molar-refractivity contribution < 1.29 is 9.59 Å². The summed E-state index contributed by atoms with van der Waals surface area (Å²) in [5.74, 6) is -0.581. The van der Waals surface area contributed by atoms with Gasteiger partial charge in [0.1, 0.15) is 0 Å². The molecule has 110 valence electrons. The number of benzene rings is 2. The number of carbonyl (C=O) groups excluding carboxylic acids is 2. The number of nitrogens with zero attached hydrogens (tertiary/aromatic N) is 1. The maximum atomic E-state index is 12.0. The van der Waals surface area contributed by atoms with E-state index in [1.165, 1.54) is 17.1 Å². The molecule has 1 aliphatic heterocycles. The van der Waals surface area contributed by atoms with Crippen molar-refractivity contribution in [2.75, 3.05) is 4.90 Å². The number of carbonyl (C=O) groups is 2. The second-order valence-electron chi connectivity index (χ2n) is 5.85. The highest BCUT2D eigenvalue weighted by atomic mass is 16.2. The molecule has 0 saturated heterocycles. The van der Waals surface area contributed by atoms with Gasteiger partial charge in [0.2, 0.25) is 0 Å². The molecule has 0 aromatic heterocycles. The van der Waals surface area contributed by atoms with Crippen molar-refractivity contribution in [2.45, 2.75) is 19.3 Å². The van der Waals surface area contributed by atoms with Crippen LogP contribution in [0.2, 0.25) is 0 Å². The lowest BCUT2D eigenvalue weighted by Crippen LogP contribution is -2.33. The Balaban J connectivity index is 2.13. The molecule has 0 fully saturated rings. The highest BCUT2D eigenvalue weighted by Crippen LogP contribution is 2.38. The van der Waals surface area contributed by atoms with Crippen molar-refractivity contribution in [1.82, 2.24) is 0 Å². The van der Waals surface area contributed by atoms with Crippen molar-refractivity contribution in [1.29, 1.82) is 0 Å². The molecule has 3 rings (SSSR count). The van der Waals surface area contributed by atoms with Crippen LogP contribution >= 0.6 is 0 Å². The monoisotopic (exact) mass is 291 g/mol. The maximum absolute atomic E-state index is 12.0. The van der Waals surface area contributed by atoms with Crippen molar-refractivity contribution in [3.05, 3.63) is 77.9 Å². The topological polar surface area (TPSA) is 37.4 Å². The SMILES string of the molecule is CC(C)(c1ccccc1)c1ccccc1N1C(=O)C=CC1=O. The summed E-state index contributed by atoms with van der Waals surface area (Å²) in [6.07, 6.45) is 2.63. The standard InChI is InChI=1S/C19H17NO2/c1-19(2,14-8-4-3-5-9-14)15-10-6-7-11-16(15)20-17(21)12-13-18(20)22/h3-13H,1-2H3. The average Bonchev–Trinajstić information content (AvgIpc) is 2.87. The Morgan fingerprint density at radius 3 is 1.95 bits per heavy atom. The molecule has 2 aromatic rings. The number of hydrogen-bond acceptors (Lipinski definition) is 2. The van der Waals surface area contributed by atoms with Crippen LogP contribution in [0.4, 0.5) is 5.69 Å². The normalized spacial score (nSPS) is 14.7. The quantitative estimate of drug-likeness (QED) is 0.812. The third-order valence-electron chi connectivity index (χ3n) is 4.12. The Morgan fingerprint density at radius 2 is 1.32 bits per heavy atom. The minimum Gasteiger partial charge on any atom is -0.269 e. The van der Waals surface area contributed by atoms with E-state index in [0.717, 1.165) is 11.1 Å². The summed E-state index contributed by atoms with van der Waals surface area (Å²) in [5, 5.41) is 0. The summed E-state index contributed by atoms with van der Waals surface area (Å²) < 4.78 is 0. The van der Waals surface area contributed by atoms with Crippen LogP contribution in [0.1, 0.15) is 25.0 Å². The summed E-state index contributed by atoms with van der Waals surface area (Å²) in [6.45, 7) is 4.19. The number of anilines is 1. The second-order valence-corrected chi connectivity index (χ2v) is 5.85. The summed E-state index contributed by atoms with van der Waals surface area (Å²) in [5.41, 5.74) is 2.42. The Kier molecular flexibility index (Phi) is 3.41. The van der Waals surface area contributed by atoms with Crippen LogP contribution in [0, 0.1) is 0 Å². The molecule has 1 aliphatic rings. The Hall–Kier alpha value is -2.68. The fraction of sp³-hybridized carbons (Fsp3) is 0.158. The van der Waals surface area contributed by atoms with E-state index in [9.17, 15) is 9.59 Å². The average molecular weight is 291 g/mol. The highest BCUT2D eigenvalue weighted by Gasteiger charge is 2.32. The zero-order valence-electron chi connectivity index (χ0n) is 12.6. The van der Waals surface area contributed by atoms with Crippen molar-refractivity contribution >= 4 is 17.5 Å². The van der Waals surface area contributed by atoms with Crippen LogP contribution in [-0.2, 0) is 15.0 Å². The van der Waals surface area contributed by atoms with E-state index in [-0.39, 0.29) is 17.2 Å². The predicted molar refractivity (Wildman–Crippen MR) is 86.6 cm³/mol. The van der Waals surface area contributed by atoms with Crippen LogP contribution in [0.5, 0.6) is 0 Å². The predicted octanol–water partition coefficient (Wildman–Crippen LogP) is 3.44. The summed E-state index contributed by atoms with van der Waals surface area (Å²) in [7, 11) is 0. The number of imide groups is 1. The van der Waals surface area contributed by atoms with Gasteiger partial charge in [0.15, 0.2) is 0 Å². The number of hydrogen-bond donors (Lipinski definition) is 0. The highest BCUT2D eigenvalue weighted by molar-refractivity contribution is 6.28. The molecule has 3 heteroatoms. The van der Waals surface area contributed by atoms with Gasteiger partial charge in [-0.2, -0.15) is 0 Å². The third kappa shape index (κ3) is 2.25. The fourth-order valence-corrected chi connectivity index (χ4v) is 2.85. The molecule has 0 N–H and O–H groups in total. The van der Waals surface area contributed by atoms with E-state index in [1.807, 2.05) is 42.5 Å². The van der Waals surface area contributed by atoms with Gasteiger partial charge in [0, 0.05) is 17.6 Å². The summed E-state index contributed by atoms with van der Waals surface area (Å²) in [6, 6.07) is 17.7. The van der Waals surface area contributed by atoms with Gasteiger partial charge in [-0.3, -0.25) is 9.59 Å². The molecule has 0 atom stereocenters. The molecular weight excluding hydrogens is 274 g/mol. The molecule has 0 unspecified atom stereocenters. The maximum Gasteiger partial charge on any atom is 0.258 e. The first-order valence-corrected chi connectivity index (χ1v) is 7.23. The minimum absolute atomic E-state index is 0.290. The Bertz CT molecular complexity index is 742. The van der Waals surface area contributed by atoms with E-state index >= 15 is 0 Å². The molecule has 0 aliphatic carbocycles. The largest absolute Gasteiger partial charge is 0.269 e. The lowest BCUT2D eigenvalue weighted by atomic mass is 9.77. The van der Waals surface area contributed by atoms with E-state index in [1.54, 1.807) is 0 Å². The summed E-state index contributed by atoms with van der Waals surface area (Å²) in [4.78, 5) is 25.3. The second kappa shape index (κ2) is 5.26. The number of amides is 2. The first-order valence-electron chi connectivity index (χ1n) is 7.23. The molecule has 22 heavy (non-hydrogen) atoms. The molecule has 0 radical (unpaired) electrons. The van der Waals surface area contributed by atoms with Gasteiger partial charge >= 0.3 is 0 Å². The summed E-state index contributed by atoms with van der Waals surface area (Å²) >= 11 is 0. The molecule has 0 spiro atoms. The van der Waals surface area contributed by atoms with E-state index < -0.39 is 0 Å². The molecule has 3 nitrogen and oxygen atoms in total. The van der Waals surface area contributed by atoms with Crippen LogP contribution in [-0.4, -0.2) is 11.8 Å². The van der Waals surface area contributed by atoms with Crippen LogP contribution < -0.4 is 4.90 Å². The molecule has 2 amide bonds. The van der Waals surface area contributed by atoms with Crippen molar-refractivity contribution in [2.24, 2.45) is 0 Å². The van der Waals surface area contributed by atoms with Crippen LogP contribution in [0.15, 0.2) is 66.7 Å². The smallest absolute Gasteiger partial charge is 0.258 e. The molecule has 0 bridgehead atoms. The van der Waals surface area contributed by atoms with Crippen LogP contribution in [0.3, 0.4) is 0 Å². The first kappa shape index (κ1) is 14.3. The van der Waals surface area contributed by atoms with Crippen LogP contribution in [0.25, 0.3) is 0 Å². The van der Waals surface area contributed by atoms with Gasteiger partial charge < -0.3 is 0 Å². The van der Waals surface area contributed by atoms with Crippen molar-refractivity contribution in [3.8, 4) is 0 Å². The van der Waals surface area contributed by atoms with E-state index in [4.69, 9.17) is 0 Å². The first-order chi connectivity index (χ1) is 10.5. The van der Waals surface area contributed by atoms with Gasteiger partial charge in [-0.25, -0.2) is 4.90 Å². The van der Waals surface area contributed by atoms with E-state index in [0.29, 0.717) is 5.69 Å². The van der Waals surface area contributed by atoms with Gasteiger partial charge in [0.05, 0.1) is 5.69 Å². The Labute approximate surface area is 129 Å². The van der Waals surface area contributed by atoms with Gasteiger partial charge in [-0.15, -0.1) is 0 Å². The number of rotatable bonds is 3. The third-order valence-corrected chi connectivity index (χ3v) is 4.12. The number of para-hydroxylation sites is 1. The Morgan fingerprint density at radius 1 is 0.773 bits per heavy atom. The minimum atomic E-state index is -0.318. The van der Waals surface area contributed by atoms with Gasteiger partial charge in [-0.1, -0.05) is 62.4 Å². The molecule has 2 aromatic carbocycles. The van der Waals surface area contributed by atoms with Crippen molar-refractivity contribution in [3.63, 3.8) is 0 Å². The lowest BCUT2D eigenvalue weighted by molar-refractivity contribution is -0.119. The van der Waals surface area contributed by atoms with E-state index in [2.05, 4.69) is 26.0 Å². The molecule has 0 saturated carbocycles. The zero-order chi connectivity index (χ0) is 15.7. The van der Waals surface area contributed by atoms with Gasteiger partial charge in [-0.05, 0) is 17.2 Å².